The maximum absolute atomic E-state index is 13.8. The van der Waals surface area contributed by atoms with Crippen molar-refractivity contribution in [3.8, 4) is 0 Å². The number of nitrogens with two attached hydrogens (primary N) is 1. The van der Waals surface area contributed by atoms with E-state index < -0.39 is 21.7 Å². The fourth-order valence-corrected chi connectivity index (χ4v) is 3.02. The Bertz CT molecular complexity index is 654. The molecule has 1 aliphatic rings. The summed E-state index contributed by atoms with van der Waals surface area (Å²) in [7, 11) is -3.98. The van der Waals surface area contributed by atoms with E-state index in [-0.39, 0.29) is 16.0 Å². The monoisotopic (exact) mass is 314 g/mol. The predicted molar refractivity (Wildman–Crippen MR) is 76.8 cm³/mol. The average Bonchev–Trinajstić information content (AvgIpc) is 3.16. The number of carbonyl (C=O) groups is 1. The molecule has 1 saturated carbocycles. The number of hydrogen-bond acceptors (Lipinski definition) is 3. The highest BCUT2D eigenvalue weighted by Gasteiger charge is 2.21. The summed E-state index contributed by atoms with van der Waals surface area (Å²) in [6.45, 7) is 1.88. The number of aryl methyl sites for hydroxylation is 1. The Morgan fingerprint density at radius 3 is 2.67 bits per heavy atom. The van der Waals surface area contributed by atoms with Gasteiger partial charge in [0, 0.05) is 6.54 Å². The molecule has 116 valence electrons. The normalized spacial score (nSPS) is 15.0. The molecule has 3 N–H and O–H groups in total. The summed E-state index contributed by atoms with van der Waals surface area (Å²) in [6.07, 6.45) is 4.39. The fraction of sp³-hybridized carbons (Fsp3) is 0.500. The minimum absolute atomic E-state index is 0.181. The molecule has 0 atom stereocenters. The number of sulfonamides is 1. The molecule has 5 nitrogen and oxygen atoms in total. The summed E-state index contributed by atoms with van der Waals surface area (Å²) < 4.78 is 36.6. The molecule has 0 unspecified atom stereocenters. The zero-order valence-corrected chi connectivity index (χ0v) is 12.7. The molecule has 1 aromatic rings. The van der Waals surface area contributed by atoms with Gasteiger partial charge in [0.05, 0.1) is 10.5 Å². The van der Waals surface area contributed by atoms with E-state index in [1.807, 2.05) is 0 Å². The molecule has 0 spiro atoms. The van der Waals surface area contributed by atoms with Gasteiger partial charge in [-0.2, -0.15) is 0 Å². The second-order valence-corrected chi connectivity index (χ2v) is 7.01. The number of amides is 1. The summed E-state index contributed by atoms with van der Waals surface area (Å²) in [5.74, 6) is -0.597. The third-order valence-corrected chi connectivity index (χ3v) is 4.64. The van der Waals surface area contributed by atoms with Gasteiger partial charge >= 0.3 is 0 Å². The Labute approximate surface area is 123 Å². The van der Waals surface area contributed by atoms with Gasteiger partial charge in [0.25, 0.3) is 5.91 Å². The van der Waals surface area contributed by atoms with Gasteiger partial charge in [-0.05, 0) is 43.4 Å². The van der Waals surface area contributed by atoms with Crippen LogP contribution in [0.25, 0.3) is 0 Å². The Morgan fingerprint density at radius 1 is 1.43 bits per heavy atom. The lowest BCUT2D eigenvalue weighted by atomic mass is 10.1. The van der Waals surface area contributed by atoms with Crippen LogP contribution < -0.4 is 10.5 Å². The zero-order valence-electron chi connectivity index (χ0n) is 11.9. The summed E-state index contributed by atoms with van der Waals surface area (Å²) in [6, 6.07) is 2.01. The van der Waals surface area contributed by atoms with E-state index in [1.54, 1.807) is 0 Å². The van der Waals surface area contributed by atoms with Crippen LogP contribution >= 0.6 is 0 Å². The van der Waals surface area contributed by atoms with E-state index in [9.17, 15) is 17.6 Å². The minimum atomic E-state index is -3.98. The Balaban J connectivity index is 2.08. The van der Waals surface area contributed by atoms with Crippen molar-refractivity contribution in [2.24, 2.45) is 11.1 Å². The summed E-state index contributed by atoms with van der Waals surface area (Å²) in [5.41, 5.74) is -0.115. The smallest absolute Gasteiger partial charge is 0.254 e. The SMILES string of the molecule is Cc1cc(F)c(C(=O)NCCCC2CC2)cc1S(N)(=O)=O. The summed E-state index contributed by atoms with van der Waals surface area (Å²) >= 11 is 0. The second kappa shape index (κ2) is 6.11. The molecule has 2 rings (SSSR count). The average molecular weight is 314 g/mol. The van der Waals surface area contributed by atoms with Crippen molar-refractivity contribution in [3.05, 3.63) is 29.1 Å². The standard InChI is InChI=1S/C14H19FN2O3S/c1-9-7-12(15)11(8-13(9)21(16,19)20)14(18)17-6-2-3-10-4-5-10/h7-8,10H,2-6H2,1H3,(H,17,18)(H2,16,19,20). The van der Waals surface area contributed by atoms with Crippen LogP contribution in [0.5, 0.6) is 0 Å². The molecular weight excluding hydrogens is 295 g/mol. The first-order valence-electron chi connectivity index (χ1n) is 6.90. The highest BCUT2D eigenvalue weighted by molar-refractivity contribution is 7.89. The van der Waals surface area contributed by atoms with E-state index in [1.165, 1.54) is 19.8 Å². The topological polar surface area (TPSA) is 89.3 Å². The van der Waals surface area contributed by atoms with Crippen molar-refractivity contribution in [2.45, 2.75) is 37.5 Å². The molecule has 1 aliphatic carbocycles. The molecule has 7 heteroatoms. The highest BCUT2D eigenvalue weighted by Crippen LogP contribution is 2.33. The minimum Gasteiger partial charge on any atom is -0.352 e. The number of benzene rings is 1. The Morgan fingerprint density at radius 2 is 2.10 bits per heavy atom. The van der Waals surface area contributed by atoms with E-state index in [4.69, 9.17) is 5.14 Å². The van der Waals surface area contributed by atoms with Gasteiger partial charge in [-0.25, -0.2) is 17.9 Å². The molecular formula is C14H19FN2O3S. The van der Waals surface area contributed by atoms with E-state index in [0.717, 1.165) is 30.9 Å². The molecule has 0 radical (unpaired) electrons. The van der Waals surface area contributed by atoms with Gasteiger partial charge in [-0.1, -0.05) is 12.8 Å². The van der Waals surface area contributed by atoms with Crippen LogP contribution in [0, 0.1) is 18.7 Å². The lowest BCUT2D eigenvalue weighted by molar-refractivity contribution is 0.0948. The number of halogens is 1. The first-order valence-corrected chi connectivity index (χ1v) is 8.45. The van der Waals surface area contributed by atoms with Crippen LogP contribution in [0.3, 0.4) is 0 Å². The van der Waals surface area contributed by atoms with Crippen molar-refractivity contribution >= 4 is 15.9 Å². The number of hydrogen-bond donors (Lipinski definition) is 2. The highest BCUT2D eigenvalue weighted by atomic mass is 32.2. The van der Waals surface area contributed by atoms with Gasteiger partial charge < -0.3 is 5.32 Å². The third kappa shape index (κ3) is 4.25. The molecule has 1 aromatic carbocycles. The van der Waals surface area contributed by atoms with Gasteiger partial charge in [0.15, 0.2) is 0 Å². The molecule has 0 saturated heterocycles. The predicted octanol–water partition coefficient (Wildman–Crippen LogP) is 1.70. The summed E-state index contributed by atoms with van der Waals surface area (Å²) in [5, 5.41) is 7.66. The molecule has 21 heavy (non-hydrogen) atoms. The van der Waals surface area contributed by atoms with Gasteiger partial charge in [-0.15, -0.1) is 0 Å². The molecule has 0 aromatic heterocycles. The molecule has 0 heterocycles. The van der Waals surface area contributed by atoms with Crippen molar-refractivity contribution in [2.75, 3.05) is 6.54 Å². The van der Waals surface area contributed by atoms with Gasteiger partial charge in [0.1, 0.15) is 5.82 Å². The second-order valence-electron chi connectivity index (χ2n) is 5.48. The van der Waals surface area contributed by atoms with Crippen LogP contribution in [-0.2, 0) is 10.0 Å². The number of rotatable bonds is 6. The van der Waals surface area contributed by atoms with Crippen molar-refractivity contribution < 1.29 is 17.6 Å². The van der Waals surface area contributed by atoms with Crippen LogP contribution in [0.2, 0.25) is 0 Å². The Kier molecular flexibility index (Phi) is 4.63. The first kappa shape index (κ1) is 15.9. The zero-order chi connectivity index (χ0) is 15.6. The van der Waals surface area contributed by atoms with Crippen LogP contribution in [-0.4, -0.2) is 20.9 Å². The first-order chi connectivity index (χ1) is 9.79. The van der Waals surface area contributed by atoms with Crippen molar-refractivity contribution in [1.29, 1.82) is 0 Å². The lowest BCUT2D eigenvalue weighted by Gasteiger charge is -2.09. The fourth-order valence-electron chi connectivity index (χ4n) is 2.23. The van der Waals surface area contributed by atoms with Crippen LogP contribution in [0.4, 0.5) is 4.39 Å². The van der Waals surface area contributed by atoms with Crippen molar-refractivity contribution in [1.82, 2.24) is 5.32 Å². The molecule has 1 fully saturated rings. The van der Waals surface area contributed by atoms with E-state index in [0.29, 0.717) is 6.54 Å². The summed E-state index contributed by atoms with van der Waals surface area (Å²) in [4.78, 5) is 11.7. The maximum atomic E-state index is 13.8. The largest absolute Gasteiger partial charge is 0.352 e. The quantitative estimate of drug-likeness (QED) is 0.783. The number of nitrogens with one attached hydrogen (secondary N) is 1. The van der Waals surface area contributed by atoms with Crippen LogP contribution in [0.1, 0.15) is 41.6 Å². The maximum Gasteiger partial charge on any atom is 0.254 e. The number of primary sulfonamides is 1. The number of carbonyl (C=O) groups excluding carboxylic acids is 1. The van der Waals surface area contributed by atoms with E-state index in [2.05, 4.69) is 5.32 Å². The molecule has 0 aliphatic heterocycles. The molecule has 1 amide bonds. The van der Waals surface area contributed by atoms with Crippen LogP contribution in [0.15, 0.2) is 17.0 Å². The van der Waals surface area contributed by atoms with E-state index >= 15 is 0 Å². The van der Waals surface area contributed by atoms with Crippen molar-refractivity contribution in [3.63, 3.8) is 0 Å². The van der Waals surface area contributed by atoms with Gasteiger partial charge in [-0.3, -0.25) is 4.79 Å². The molecule has 0 bridgehead atoms. The van der Waals surface area contributed by atoms with Gasteiger partial charge in [0.2, 0.25) is 10.0 Å². The third-order valence-electron chi connectivity index (χ3n) is 3.59. The lowest BCUT2D eigenvalue weighted by Crippen LogP contribution is -2.26. The Hall–Kier alpha value is -1.47.